The van der Waals surface area contributed by atoms with Crippen molar-refractivity contribution < 1.29 is 9.59 Å². The van der Waals surface area contributed by atoms with E-state index in [1.165, 1.54) is 6.92 Å². The number of carbonyl (C=O) groups excluding carboxylic acids is 2. The first-order chi connectivity index (χ1) is 6.61. The Hall–Kier alpha value is -0.460. The van der Waals surface area contributed by atoms with Crippen molar-refractivity contribution in [2.45, 2.75) is 19.4 Å². The molecule has 5 nitrogen and oxygen atoms in total. The smallest absolute Gasteiger partial charge is 0.242 e. The number of thiol groups is 1. The Balaban J connectivity index is 0. The lowest BCUT2D eigenvalue weighted by atomic mass is 10.2. The third-order valence-electron chi connectivity index (χ3n) is 1.56. The molecule has 0 saturated carbocycles. The van der Waals surface area contributed by atoms with Crippen LogP contribution in [0.2, 0.25) is 0 Å². The Morgan fingerprint density at radius 3 is 2.47 bits per heavy atom. The minimum absolute atomic E-state index is 0. The second-order valence-electron chi connectivity index (χ2n) is 2.85. The maximum atomic E-state index is 11.4. The van der Waals surface area contributed by atoms with E-state index >= 15 is 0 Å². The molecular formula is C8H18ClN3O2S. The lowest BCUT2D eigenvalue weighted by molar-refractivity contribution is -0.128. The molecule has 7 heteroatoms. The van der Waals surface area contributed by atoms with Gasteiger partial charge in [-0.15, -0.1) is 12.4 Å². The Bertz CT molecular complexity index is 204. The molecule has 0 aromatic carbocycles. The second-order valence-corrected chi connectivity index (χ2v) is 3.29. The van der Waals surface area contributed by atoms with Gasteiger partial charge < -0.3 is 16.4 Å². The Kier molecular flexibility index (Phi) is 11.4. The van der Waals surface area contributed by atoms with Gasteiger partial charge in [0.15, 0.2) is 0 Å². The van der Waals surface area contributed by atoms with E-state index in [1.54, 1.807) is 0 Å². The van der Waals surface area contributed by atoms with Crippen LogP contribution in [-0.2, 0) is 9.59 Å². The molecule has 0 heterocycles. The first-order valence-electron chi connectivity index (χ1n) is 4.47. The summed E-state index contributed by atoms with van der Waals surface area (Å²) in [5.74, 6) is 0.112. The van der Waals surface area contributed by atoms with Crippen molar-refractivity contribution in [3.05, 3.63) is 0 Å². The summed E-state index contributed by atoms with van der Waals surface area (Å²) in [6, 6.07) is -0.503. The summed E-state index contributed by atoms with van der Waals surface area (Å²) in [5, 5.41) is 5.16. The van der Waals surface area contributed by atoms with Crippen LogP contribution in [0.15, 0.2) is 0 Å². The van der Waals surface area contributed by atoms with Gasteiger partial charge in [-0.1, -0.05) is 0 Å². The SMILES string of the molecule is CC(=O)NC(CCS)C(=O)NCCN.Cl. The highest BCUT2D eigenvalue weighted by atomic mass is 35.5. The van der Waals surface area contributed by atoms with Gasteiger partial charge in [0.2, 0.25) is 11.8 Å². The molecular weight excluding hydrogens is 238 g/mol. The van der Waals surface area contributed by atoms with E-state index in [4.69, 9.17) is 5.73 Å². The van der Waals surface area contributed by atoms with Gasteiger partial charge in [-0.2, -0.15) is 12.6 Å². The predicted molar refractivity (Wildman–Crippen MR) is 65.4 cm³/mol. The summed E-state index contributed by atoms with van der Waals surface area (Å²) in [7, 11) is 0. The molecule has 0 spiro atoms. The minimum atomic E-state index is -0.503. The topological polar surface area (TPSA) is 84.2 Å². The molecule has 1 unspecified atom stereocenters. The summed E-state index contributed by atoms with van der Waals surface area (Å²) in [6.45, 7) is 2.18. The summed E-state index contributed by atoms with van der Waals surface area (Å²) < 4.78 is 0. The van der Waals surface area contributed by atoms with Gasteiger partial charge in [0.1, 0.15) is 6.04 Å². The van der Waals surface area contributed by atoms with Gasteiger partial charge in [-0.05, 0) is 12.2 Å². The standard InChI is InChI=1S/C8H17N3O2S.ClH/c1-6(12)11-7(2-5-14)8(13)10-4-3-9;/h7,14H,2-5,9H2,1H3,(H,10,13)(H,11,12);1H. The van der Waals surface area contributed by atoms with Crippen LogP contribution in [0.1, 0.15) is 13.3 Å². The number of halogens is 1. The molecule has 0 bridgehead atoms. The summed E-state index contributed by atoms with van der Waals surface area (Å²) in [4.78, 5) is 22.2. The molecule has 0 fully saturated rings. The molecule has 15 heavy (non-hydrogen) atoms. The number of rotatable bonds is 6. The maximum absolute atomic E-state index is 11.4. The van der Waals surface area contributed by atoms with E-state index in [1.807, 2.05) is 0 Å². The predicted octanol–water partition coefficient (Wildman–Crippen LogP) is -0.692. The van der Waals surface area contributed by atoms with Crippen LogP contribution in [0, 0.1) is 0 Å². The van der Waals surface area contributed by atoms with Gasteiger partial charge in [0.25, 0.3) is 0 Å². The van der Waals surface area contributed by atoms with Crippen LogP contribution in [0.3, 0.4) is 0 Å². The number of hydrogen-bond donors (Lipinski definition) is 4. The number of amides is 2. The zero-order chi connectivity index (χ0) is 11.0. The number of carbonyl (C=O) groups is 2. The van der Waals surface area contributed by atoms with Crippen molar-refractivity contribution in [3.8, 4) is 0 Å². The lowest BCUT2D eigenvalue weighted by Crippen LogP contribution is -2.47. The molecule has 4 N–H and O–H groups in total. The van der Waals surface area contributed by atoms with Crippen molar-refractivity contribution in [2.24, 2.45) is 5.73 Å². The van der Waals surface area contributed by atoms with Gasteiger partial charge in [-0.3, -0.25) is 9.59 Å². The molecule has 90 valence electrons. The summed E-state index contributed by atoms with van der Waals surface area (Å²) in [6.07, 6.45) is 0.513. The Labute approximate surface area is 101 Å². The van der Waals surface area contributed by atoms with Crippen LogP contribution in [0.5, 0.6) is 0 Å². The average molecular weight is 256 g/mol. The van der Waals surface area contributed by atoms with Crippen LogP contribution in [0.25, 0.3) is 0 Å². The molecule has 0 saturated heterocycles. The summed E-state index contributed by atoms with van der Waals surface area (Å²) in [5.41, 5.74) is 5.24. The molecule has 1 atom stereocenters. The van der Waals surface area contributed by atoms with Gasteiger partial charge in [0.05, 0.1) is 0 Å². The fraction of sp³-hybridized carbons (Fsp3) is 0.750. The van der Waals surface area contributed by atoms with Crippen LogP contribution >= 0.6 is 25.0 Å². The molecule has 0 aromatic rings. The number of nitrogens with two attached hydrogens (primary N) is 1. The van der Waals surface area contributed by atoms with Crippen molar-refractivity contribution in [1.82, 2.24) is 10.6 Å². The minimum Gasteiger partial charge on any atom is -0.353 e. The van der Waals surface area contributed by atoms with Crippen molar-refractivity contribution in [1.29, 1.82) is 0 Å². The van der Waals surface area contributed by atoms with E-state index in [-0.39, 0.29) is 24.2 Å². The third-order valence-corrected chi connectivity index (χ3v) is 1.81. The normalized spacial score (nSPS) is 11.1. The quantitative estimate of drug-likeness (QED) is 0.474. The van der Waals surface area contributed by atoms with E-state index in [2.05, 4.69) is 23.3 Å². The highest BCUT2D eigenvalue weighted by Crippen LogP contribution is 1.94. The largest absolute Gasteiger partial charge is 0.353 e. The molecule has 0 aliphatic carbocycles. The monoisotopic (exact) mass is 255 g/mol. The van der Waals surface area contributed by atoms with Crippen LogP contribution in [-0.4, -0.2) is 36.7 Å². The highest BCUT2D eigenvalue weighted by Gasteiger charge is 2.17. The van der Waals surface area contributed by atoms with Crippen molar-refractivity contribution >= 4 is 36.9 Å². The maximum Gasteiger partial charge on any atom is 0.242 e. The van der Waals surface area contributed by atoms with E-state index in [0.717, 1.165) is 0 Å². The number of nitrogens with one attached hydrogen (secondary N) is 2. The highest BCUT2D eigenvalue weighted by molar-refractivity contribution is 7.80. The molecule has 0 radical (unpaired) electrons. The zero-order valence-electron chi connectivity index (χ0n) is 8.66. The van der Waals surface area contributed by atoms with Crippen LogP contribution in [0.4, 0.5) is 0 Å². The van der Waals surface area contributed by atoms with Crippen molar-refractivity contribution in [2.75, 3.05) is 18.8 Å². The molecule has 0 aliphatic rings. The molecule has 2 amide bonds. The Morgan fingerprint density at radius 1 is 1.47 bits per heavy atom. The van der Waals surface area contributed by atoms with Gasteiger partial charge in [0, 0.05) is 20.0 Å². The second kappa shape index (κ2) is 10.1. The third kappa shape index (κ3) is 8.53. The van der Waals surface area contributed by atoms with Gasteiger partial charge >= 0.3 is 0 Å². The van der Waals surface area contributed by atoms with E-state index in [0.29, 0.717) is 25.3 Å². The fourth-order valence-electron chi connectivity index (χ4n) is 0.962. The van der Waals surface area contributed by atoms with E-state index in [9.17, 15) is 9.59 Å². The molecule has 0 rings (SSSR count). The first-order valence-corrected chi connectivity index (χ1v) is 5.10. The molecule has 0 aliphatic heterocycles. The average Bonchev–Trinajstić information content (AvgIpc) is 2.13. The Morgan fingerprint density at radius 2 is 2.07 bits per heavy atom. The van der Waals surface area contributed by atoms with E-state index < -0.39 is 6.04 Å². The lowest BCUT2D eigenvalue weighted by Gasteiger charge is -2.16. The van der Waals surface area contributed by atoms with Crippen molar-refractivity contribution in [3.63, 3.8) is 0 Å². The first kappa shape index (κ1) is 17.0. The number of hydrogen-bond acceptors (Lipinski definition) is 4. The van der Waals surface area contributed by atoms with Crippen LogP contribution < -0.4 is 16.4 Å². The fourth-order valence-corrected chi connectivity index (χ4v) is 1.22. The summed E-state index contributed by atoms with van der Waals surface area (Å²) >= 11 is 4.01. The van der Waals surface area contributed by atoms with Gasteiger partial charge in [-0.25, -0.2) is 0 Å². The zero-order valence-corrected chi connectivity index (χ0v) is 10.4. The molecule has 0 aromatic heterocycles.